The number of aryl methyl sites for hydroxylation is 1. The smallest absolute Gasteiger partial charge is 0.211 e. The van der Waals surface area contributed by atoms with Crippen LogP contribution in [0.15, 0.2) is 52.7 Å². The minimum absolute atomic E-state index is 0.0703. The molecule has 1 unspecified atom stereocenters. The van der Waals surface area contributed by atoms with Crippen LogP contribution in [-0.4, -0.2) is 11.7 Å². The minimum atomic E-state index is -0.216. The molecule has 5 heteroatoms. The van der Waals surface area contributed by atoms with Crippen LogP contribution in [-0.2, 0) is 6.42 Å². The molecule has 2 aromatic rings. The second-order valence-corrected chi connectivity index (χ2v) is 5.83. The van der Waals surface area contributed by atoms with Gasteiger partial charge in [-0.1, -0.05) is 30.3 Å². The van der Waals surface area contributed by atoms with Crippen molar-refractivity contribution in [3.05, 3.63) is 70.5 Å². The Morgan fingerprint density at radius 3 is 2.70 bits per heavy atom. The van der Waals surface area contributed by atoms with Gasteiger partial charge in [0.2, 0.25) is 5.96 Å². The monoisotopic (exact) mass is 310 g/mol. The average molecular weight is 310 g/mol. The van der Waals surface area contributed by atoms with E-state index in [1.807, 2.05) is 31.2 Å². The van der Waals surface area contributed by atoms with Gasteiger partial charge in [-0.3, -0.25) is 0 Å². The lowest BCUT2D eigenvalue weighted by Crippen LogP contribution is -2.23. The topological polar surface area (TPSA) is 76.8 Å². The Kier molecular flexibility index (Phi) is 4.10. The van der Waals surface area contributed by atoms with Gasteiger partial charge in [0.15, 0.2) is 0 Å². The maximum absolute atomic E-state index is 13.7. The number of guanidine groups is 1. The third-order valence-electron chi connectivity index (χ3n) is 4.20. The summed E-state index contributed by atoms with van der Waals surface area (Å²) in [5, 5.41) is 8.01. The highest BCUT2D eigenvalue weighted by Crippen LogP contribution is 2.34. The van der Waals surface area contributed by atoms with Crippen LogP contribution in [0.3, 0.4) is 0 Å². The van der Waals surface area contributed by atoms with E-state index in [0.717, 1.165) is 28.8 Å². The van der Waals surface area contributed by atoms with Gasteiger partial charge in [0, 0.05) is 5.56 Å². The predicted molar refractivity (Wildman–Crippen MR) is 91.0 cm³/mol. The Balaban J connectivity index is 2.05. The molecule has 0 spiro atoms. The Morgan fingerprint density at radius 2 is 1.91 bits per heavy atom. The fourth-order valence-electron chi connectivity index (χ4n) is 3.14. The molecule has 4 N–H and O–H groups in total. The summed E-state index contributed by atoms with van der Waals surface area (Å²) in [6.45, 7) is 2.00. The zero-order chi connectivity index (χ0) is 16.4. The standard InChI is InChI=1S/C18H19FN4/c1-11-6-7-14(19)10-16(11)13-8-12-4-2-3-5-15(12)17(9-13)22-23-18(20)21/h2-7,10,13H,8-9H2,1H3,(H4,20,21,23)/b22-17+. The number of benzene rings is 2. The van der Waals surface area contributed by atoms with Crippen LogP contribution in [0.25, 0.3) is 0 Å². The molecule has 0 aromatic heterocycles. The summed E-state index contributed by atoms with van der Waals surface area (Å²) < 4.78 is 13.7. The normalized spacial score (nSPS) is 18.5. The van der Waals surface area contributed by atoms with E-state index in [2.05, 4.69) is 16.3 Å². The molecule has 1 atom stereocenters. The minimum Gasteiger partial charge on any atom is -0.369 e. The Hall–Kier alpha value is -2.69. The van der Waals surface area contributed by atoms with Crippen molar-refractivity contribution in [2.75, 3.05) is 0 Å². The van der Waals surface area contributed by atoms with Crippen molar-refractivity contribution < 1.29 is 4.39 Å². The van der Waals surface area contributed by atoms with E-state index < -0.39 is 0 Å². The van der Waals surface area contributed by atoms with Crippen molar-refractivity contribution in [2.45, 2.75) is 25.7 Å². The molecule has 0 saturated heterocycles. The maximum atomic E-state index is 13.7. The maximum Gasteiger partial charge on any atom is 0.211 e. The van der Waals surface area contributed by atoms with E-state index in [-0.39, 0.29) is 17.7 Å². The Bertz CT molecular complexity index is 791. The number of rotatable bonds is 2. The van der Waals surface area contributed by atoms with E-state index in [1.165, 1.54) is 11.6 Å². The number of fused-ring (bicyclic) bond motifs is 1. The van der Waals surface area contributed by atoms with Gasteiger partial charge in [-0.15, -0.1) is 5.10 Å². The molecule has 0 fully saturated rings. The first-order chi connectivity index (χ1) is 11.0. The van der Waals surface area contributed by atoms with Crippen LogP contribution < -0.4 is 11.5 Å². The molecule has 2 aromatic carbocycles. The molecule has 1 aliphatic carbocycles. The molecular weight excluding hydrogens is 291 g/mol. The fraction of sp³-hybridized carbons (Fsp3) is 0.222. The van der Waals surface area contributed by atoms with Gasteiger partial charge in [0.1, 0.15) is 5.82 Å². The summed E-state index contributed by atoms with van der Waals surface area (Å²) in [5.41, 5.74) is 15.9. The van der Waals surface area contributed by atoms with Crippen molar-refractivity contribution in [1.29, 1.82) is 0 Å². The first kappa shape index (κ1) is 15.2. The number of nitrogens with zero attached hydrogens (tertiary/aromatic N) is 2. The molecule has 0 amide bonds. The van der Waals surface area contributed by atoms with Gasteiger partial charge in [0.05, 0.1) is 5.71 Å². The Labute approximate surface area is 134 Å². The van der Waals surface area contributed by atoms with Crippen LogP contribution in [0, 0.1) is 12.7 Å². The molecule has 1 aliphatic rings. The molecule has 3 rings (SSSR count). The van der Waals surface area contributed by atoms with Crippen molar-refractivity contribution in [2.24, 2.45) is 21.7 Å². The zero-order valence-corrected chi connectivity index (χ0v) is 13.0. The van der Waals surface area contributed by atoms with Crippen molar-refractivity contribution >= 4 is 11.7 Å². The second kappa shape index (κ2) is 6.20. The SMILES string of the molecule is Cc1ccc(F)cc1C1C/C(=N\N=C(N)N)c2ccccc2C1. The van der Waals surface area contributed by atoms with Gasteiger partial charge in [-0.05, 0) is 54.5 Å². The first-order valence-electron chi connectivity index (χ1n) is 7.54. The number of hydrogen-bond acceptors (Lipinski definition) is 2. The fourth-order valence-corrected chi connectivity index (χ4v) is 3.14. The van der Waals surface area contributed by atoms with E-state index >= 15 is 0 Å². The second-order valence-electron chi connectivity index (χ2n) is 5.83. The van der Waals surface area contributed by atoms with Gasteiger partial charge in [-0.2, -0.15) is 5.10 Å². The molecule has 23 heavy (non-hydrogen) atoms. The molecule has 4 nitrogen and oxygen atoms in total. The summed E-state index contributed by atoms with van der Waals surface area (Å²) >= 11 is 0. The molecule has 0 saturated carbocycles. The highest BCUT2D eigenvalue weighted by atomic mass is 19.1. The van der Waals surface area contributed by atoms with Crippen molar-refractivity contribution in [3.8, 4) is 0 Å². The highest BCUT2D eigenvalue weighted by molar-refractivity contribution is 6.03. The molecule has 0 heterocycles. The number of nitrogens with two attached hydrogens (primary N) is 2. The van der Waals surface area contributed by atoms with E-state index in [4.69, 9.17) is 11.5 Å². The highest BCUT2D eigenvalue weighted by Gasteiger charge is 2.26. The number of hydrogen-bond donors (Lipinski definition) is 2. The summed E-state index contributed by atoms with van der Waals surface area (Å²) in [6, 6.07) is 13.0. The quantitative estimate of drug-likeness (QED) is 0.508. The molecule has 0 bridgehead atoms. The summed E-state index contributed by atoms with van der Waals surface area (Å²) in [7, 11) is 0. The lowest BCUT2D eigenvalue weighted by Gasteiger charge is -2.27. The van der Waals surface area contributed by atoms with Gasteiger partial charge >= 0.3 is 0 Å². The first-order valence-corrected chi connectivity index (χ1v) is 7.54. The van der Waals surface area contributed by atoms with Crippen molar-refractivity contribution in [1.82, 2.24) is 0 Å². The molecular formula is C18H19FN4. The average Bonchev–Trinajstić information content (AvgIpc) is 2.54. The number of halogens is 1. The van der Waals surface area contributed by atoms with E-state index in [0.29, 0.717) is 6.42 Å². The lowest BCUT2D eigenvalue weighted by atomic mass is 9.78. The van der Waals surface area contributed by atoms with E-state index in [9.17, 15) is 4.39 Å². The van der Waals surface area contributed by atoms with Crippen LogP contribution in [0.4, 0.5) is 4.39 Å². The predicted octanol–water partition coefficient (Wildman–Crippen LogP) is 2.84. The molecule has 0 aliphatic heterocycles. The summed E-state index contributed by atoms with van der Waals surface area (Å²) in [6.07, 6.45) is 1.53. The molecule has 0 radical (unpaired) electrons. The zero-order valence-electron chi connectivity index (χ0n) is 13.0. The third-order valence-corrected chi connectivity index (χ3v) is 4.20. The Morgan fingerprint density at radius 1 is 1.13 bits per heavy atom. The van der Waals surface area contributed by atoms with Crippen LogP contribution in [0.2, 0.25) is 0 Å². The summed E-state index contributed by atoms with van der Waals surface area (Å²) in [4.78, 5) is 0. The van der Waals surface area contributed by atoms with Gasteiger partial charge < -0.3 is 11.5 Å². The largest absolute Gasteiger partial charge is 0.369 e. The van der Waals surface area contributed by atoms with Gasteiger partial charge in [-0.25, -0.2) is 4.39 Å². The van der Waals surface area contributed by atoms with Gasteiger partial charge in [0.25, 0.3) is 0 Å². The molecule has 118 valence electrons. The van der Waals surface area contributed by atoms with Crippen LogP contribution >= 0.6 is 0 Å². The third kappa shape index (κ3) is 3.23. The lowest BCUT2D eigenvalue weighted by molar-refractivity contribution is 0.615. The van der Waals surface area contributed by atoms with Crippen molar-refractivity contribution in [3.63, 3.8) is 0 Å². The van der Waals surface area contributed by atoms with Crippen LogP contribution in [0.5, 0.6) is 0 Å². The van der Waals surface area contributed by atoms with Crippen LogP contribution in [0.1, 0.15) is 34.6 Å². The van der Waals surface area contributed by atoms with E-state index in [1.54, 1.807) is 6.07 Å². The summed E-state index contributed by atoms with van der Waals surface area (Å²) in [5.74, 6) is -0.125.